The van der Waals surface area contributed by atoms with Crippen molar-refractivity contribution >= 4 is 29.0 Å². The molecule has 0 amide bonds. The lowest BCUT2D eigenvalue weighted by atomic mass is 10.3. The highest BCUT2D eigenvalue weighted by Crippen LogP contribution is 2.09. The molecule has 7 heteroatoms. The molecular weight excluding hydrogens is 164 g/mol. The number of aliphatic imine (C=N–C) groups is 2. The van der Waals surface area contributed by atoms with Gasteiger partial charge in [0, 0.05) is 0 Å². The minimum Gasteiger partial charge on any atom is -0.368 e. The molecule has 0 saturated heterocycles. The summed E-state index contributed by atoms with van der Waals surface area (Å²) < 4.78 is 0. The van der Waals surface area contributed by atoms with E-state index in [9.17, 15) is 0 Å². The van der Waals surface area contributed by atoms with Crippen molar-refractivity contribution < 1.29 is 0 Å². The maximum atomic E-state index is 5.33. The molecule has 0 aliphatic carbocycles. The molecule has 0 saturated carbocycles. The molecule has 0 bridgehead atoms. The minimum atomic E-state index is -0.322. The molecule has 0 aromatic rings. The molecule has 2 aliphatic rings. The molecule has 0 radical (unpaired) electrons. The van der Waals surface area contributed by atoms with Gasteiger partial charge in [0.05, 0.1) is 0 Å². The fourth-order valence-corrected chi connectivity index (χ4v) is 1.08. The maximum Gasteiger partial charge on any atom is 0.222 e. The van der Waals surface area contributed by atoms with E-state index >= 15 is 0 Å². The van der Waals surface area contributed by atoms with Crippen molar-refractivity contribution in [2.45, 2.75) is 6.04 Å². The number of nitrogens with zero attached hydrogens (tertiary/aromatic N) is 4. The van der Waals surface area contributed by atoms with Gasteiger partial charge >= 0.3 is 0 Å². The number of nitrogens with one attached hydrogen (secondary N) is 1. The number of fused-ring (bicyclic) bond motifs is 1. The van der Waals surface area contributed by atoms with E-state index in [1.54, 1.807) is 0 Å². The van der Waals surface area contributed by atoms with Gasteiger partial charge in [-0.3, -0.25) is 0 Å². The van der Waals surface area contributed by atoms with Gasteiger partial charge < -0.3 is 5.73 Å². The quantitative estimate of drug-likeness (QED) is 0.472. The van der Waals surface area contributed by atoms with E-state index in [1.807, 2.05) is 0 Å². The Morgan fingerprint density at radius 1 is 1.45 bits per heavy atom. The summed E-state index contributed by atoms with van der Waals surface area (Å²) in [7, 11) is 0. The number of amidine groups is 1. The first-order chi connectivity index (χ1) is 5.27. The van der Waals surface area contributed by atoms with E-state index in [1.165, 1.54) is 0 Å². The standard InChI is InChI=1S/C4H4N6S/c5-4-6-2-1(3(11)7-4)8-10-9-2/h1H,(H3,5,6,7,8,9,11). The molecule has 1 atom stereocenters. The summed E-state index contributed by atoms with van der Waals surface area (Å²) in [5.74, 6) is 0.712. The van der Waals surface area contributed by atoms with Crippen LogP contribution in [-0.4, -0.2) is 22.8 Å². The summed E-state index contributed by atoms with van der Waals surface area (Å²) in [5, 5.41) is 7.29. The highest BCUT2D eigenvalue weighted by atomic mass is 32.1. The van der Waals surface area contributed by atoms with Crippen molar-refractivity contribution in [1.29, 1.82) is 0 Å². The molecule has 0 fully saturated rings. The summed E-state index contributed by atoms with van der Waals surface area (Å²) in [5.41, 5.74) is 7.91. The van der Waals surface area contributed by atoms with Crippen LogP contribution in [0.15, 0.2) is 20.3 Å². The van der Waals surface area contributed by atoms with Gasteiger partial charge in [-0.15, -0.1) is 0 Å². The van der Waals surface area contributed by atoms with Gasteiger partial charge in [0.2, 0.25) is 5.96 Å². The van der Waals surface area contributed by atoms with E-state index in [0.717, 1.165) is 0 Å². The normalized spacial score (nSPS) is 27.3. The van der Waals surface area contributed by atoms with Crippen molar-refractivity contribution in [2.24, 2.45) is 26.1 Å². The summed E-state index contributed by atoms with van der Waals surface area (Å²) >= 11 is 4.88. The molecule has 11 heavy (non-hydrogen) atoms. The number of rotatable bonds is 0. The van der Waals surface area contributed by atoms with E-state index < -0.39 is 0 Å². The van der Waals surface area contributed by atoms with Crippen molar-refractivity contribution in [3.8, 4) is 0 Å². The SMILES string of the molecule is NC1=NC(=S)C2N=NNC2=N1. The zero-order chi connectivity index (χ0) is 7.84. The number of guanidine groups is 1. The first-order valence-corrected chi connectivity index (χ1v) is 3.30. The predicted octanol–water partition coefficient (Wildman–Crippen LogP) is -0.620. The highest BCUT2D eigenvalue weighted by Gasteiger charge is 2.28. The molecule has 3 N–H and O–H groups in total. The Morgan fingerprint density at radius 2 is 2.27 bits per heavy atom. The smallest absolute Gasteiger partial charge is 0.222 e. The van der Waals surface area contributed by atoms with Crippen LogP contribution in [0.25, 0.3) is 0 Å². The number of hydrogen-bond acceptors (Lipinski definition) is 6. The van der Waals surface area contributed by atoms with E-state index in [2.05, 4.69) is 25.7 Å². The fraction of sp³-hybridized carbons (Fsp3) is 0.250. The van der Waals surface area contributed by atoms with Gasteiger partial charge in [-0.05, 0) is 0 Å². The number of nitrogens with two attached hydrogens (primary N) is 1. The van der Waals surface area contributed by atoms with Crippen LogP contribution in [0.2, 0.25) is 0 Å². The second kappa shape index (κ2) is 2.06. The highest BCUT2D eigenvalue weighted by molar-refractivity contribution is 7.80. The van der Waals surface area contributed by atoms with Crippen molar-refractivity contribution in [1.82, 2.24) is 5.43 Å². The molecular formula is C4H4N6S. The molecule has 0 spiro atoms. The Morgan fingerprint density at radius 3 is 3.09 bits per heavy atom. The topological polar surface area (TPSA) is 87.5 Å². The Balaban J connectivity index is 2.41. The Kier molecular flexibility index (Phi) is 1.19. The minimum absolute atomic E-state index is 0.154. The first kappa shape index (κ1) is 6.35. The van der Waals surface area contributed by atoms with Crippen LogP contribution in [0.3, 0.4) is 0 Å². The Bertz CT molecular complexity index is 302. The molecule has 2 aliphatic heterocycles. The summed E-state index contributed by atoms with van der Waals surface area (Å²) in [4.78, 5) is 8.03. The van der Waals surface area contributed by atoms with Crippen molar-refractivity contribution in [2.75, 3.05) is 0 Å². The lowest BCUT2D eigenvalue weighted by Gasteiger charge is -2.09. The average Bonchev–Trinajstić information content (AvgIpc) is 2.34. The summed E-state index contributed by atoms with van der Waals surface area (Å²) in [6.07, 6.45) is 0. The van der Waals surface area contributed by atoms with Gasteiger partial charge in [-0.1, -0.05) is 17.4 Å². The monoisotopic (exact) mass is 168 g/mol. The zero-order valence-corrected chi connectivity index (χ0v) is 6.17. The Labute approximate surface area is 67.3 Å². The third kappa shape index (κ3) is 0.891. The molecule has 2 heterocycles. The van der Waals surface area contributed by atoms with E-state index in [-0.39, 0.29) is 12.0 Å². The van der Waals surface area contributed by atoms with Crippen LogP contribution in [0.1, 0.15) is 0 Å². The summed E-state index contributed by atoms with van der Waals surface area (Å²) in [6.45, 7) is 0. The van der Waals surface area contributed by atoms with Crippen molar-refractivity contribution in [3.63, 3.8) is 0 Å². The third-order valence-corrected chi connectivity index (χ3v) is 1.60. The molecule has 56 valence electrons. The van der Waals surface area contributed by atoms with Gasteiger partial charge in [-0.2, -0.15) is 10.1 Å². The van der Waals surface area contributed by atoms with Gasteiger partial charge in [0.15, 0.2) is 11.9 Å². The number of hydrogen-bond donors (Lipinski definition) is 2. The predicted molar refractivity (Wildman–Crippen MR) is 43.4 cm³/mol. The van der Waals surface area contributed by atoms with Gasteiger partial charge in [0.25, 0.3) is 0 Å². The van der Waals surface area contributed by atoms with Crippen molar-refractivity contribution in [3.05, 3.63) is 0 Å². The largest absolute Gasteiger partial charge is 0.368 e. The molecule has 2 rings (SSSR count). The fourth-order valence-electron chi connectivity index (χ4n) is 0.829. The third-order valence-electron chi connectivity index (χ3n) is 1.29. The second-order valence-corrected chi connectivity index (χ2v) is 2.45. The summed E-state index contributed by atoms with van der Waals surface area (Å²) in [6, 6.07) is -0.322. The molecule has 1 unspecified atom stereocenters. The lowest BCUT2D eigenvalue weighted by Crippen LogP contribution is -2.36. The second-order valence-electron chi connectivity index (χ2n) is 2.04. The van der Waals surface area contributed by atoms with Crippen LogP contribution < -0.4 is 11.2 Å². The van der Waals surface area contributed by atoms with Crippen LogP contribution in [0.4, 0.5) is 0 Å². The van der Waals surface area contributed by atoms with E-state index in [0.29, 0.717) is 10.8 Å². The molecule has 6 nitrogen and oxygen atoms in total. The van der Waals surface area contributed by atoms with Crippen LogP contribution in [-0.2, 0) is 0 Å². The van der Waals surface area contributed by atoms with Crippen LogP contribution in [0, 0.1) is 0 Å². The lowest BCUT2D eigenvalue weighted by molar-refractivity contribution is 0.953. The van der Waals surface area contributed by atoms with E-state index in [4.69, 9.17) is 18.0 Å². The van der Waals surface area contributed by atoms with Gasteiger partial charge in [0.1, 0.15) is 4.99 Å². The maximum absolute atomic E-state index is 5.33. The average molecular weight is 168 g/mol. The van der Waals surface area contributed by atoms with Crippen LogP contribution >= 0.6 is 12.2 Å². The molecule has 0 aromatic carbocycles. The zero-order valence-electron chi connectivity index (χ0n) is 5.35. The van der Waals surface area contributed by atoms with Crippen LogP contribution in [0.5, 0.6) is 0 Å². The van der Waals surface area contributed by atoms with Gasteiger partial charge in [-0.25, -0.2) is 10.4 Å². The number of thiocarbonyl (C=S) groups is 1. The Hall–Kier alpha value is -1.37. The first-order valence-electron chi connectivity index (χ1n) is 2.90. The molecule has 0 aromatic heterocycles.